The Morgan fingerprint density at radius 1 is 1.31 bits per heavy atom. The van der Waals surface area contributed by atoms with Crippen LogP contribution in [0.15, 0.2) is 28.6 Å². The molecule has 2 N–H and O–H groups in total. The van der Waals surface area contributed by atoms with Gasteiger partial charge in [0.25, 0.3) is 0 Å². The number of carbonyl (C=O) groups excluding carboxylic acids is 1. The molecule has 0 bridgehead atoms. The SMILES string of the molecule is COc1ccc(CCN(C(=O)Nc2ncc(SCC(C)(C)C(=O)O)s2)C2CCC(C)CC2)cc1F. The molecule has 2 amide bonds. The Labute approximate surface area is 214 Å². The van der Waals surface area contributed by atoms with Crippen molar-refractivity contribution >= 4 is 40.2 Å². The summed E-state index contributed by atoms with van der Waals surface area (Å²) in [5.74, 6) is 0.000710. The lowest BCUT2D eigenvalue weighted by Crippen LogP contribution is -2.45. The summed E-state index contributed by atoms with van der Waals surface area (Å²) in [7, 11) is 1.43. The molecule has 0 atom stereocenters. The number of amides is 2. The van der Waals surface area contributed by atoms with Crippen LogP contribution >= 0.6 is 23.1 Å². The van der Waals surface area contributed by atoms with E-state index in [1.54, 1.807) is 26.1 Å². The molecule has 192 valence electrons. The number of carbonyl (C=O) groups is 2. The Balaban J connectivity index is 1.66. The lowest BCUT2D eigenvalue weighted by Gasteiger charge is -2.36. The minimum Gasteiger partial charge on any atom is -0.494 e. The number of nitrogens with one attached hydrogen (secondary N) is 1. The van der Waals surface area contributed by atoms with Crippen molar-refractivity contribution in [1.82, 2.24) is 9.88 Å². The highest BCUT2D eigenvalue weighted by molar-refractivity contribution is 8.01. The largest absolute Gasteiger partial charge is 0.494 e. The number of hydrogen-bond acceptors (Lipinski definition) is 6. The van der Waals surface area contributed by atoms with Crippen molar-refractivity contribution < 1.29 is 23.8 Å². The molecular formula is C25H34FN3O4S2. The summed E-state index contributed by atoms with van der Waals surface area (Å²) < 4.78 is 20.0. The molecule has 35 heavy (non-hydrogen) atoms. The Hall–Kier alpha value is -2.33. The molecule has 3 rings (SSSR count). The van der Waals surface area contributed by atoms with E-state index in [0.29, 0.717) is 29.8 Å². The quantitative estimate of drug-likeness (QED) is 0.363. The van der Waals surface area contributed by atoms with Crippen LogP contribution in [-0.2, 0) is 11.2 Å². The van der Waals surface area contributed by atoms with E-state index >= 15 is 0 Å². The predicted molar refractivity (Wildman–Crippen MR) is 138 cm³/mol. The van der Waals surface area contributed by atoms with Crippen LogP contribution in [0.4, 0.5) is 14.3 Å². The van der Waals surface area contributed by atoms with Gasteiger partial charge >= 0.3 is 12.0 Å². The number of anilines is 1. The van der Waals surface area contributed by atoms with Crippen molar-refractivity contribution in [3.63, 3.8) is 0 Å². The number of urea groups is 1. The van der Waals surface area contributed by atoms with Gasteiger partial charge in [-0.25, -0.2) is 14.2 Å². The van der Waals surface area contributed by atoms with E-state index in [2.05, 4.69) is 17.2 Å². The van der Waals surface area contributed by atoms with Gasteiger partial charge in [0.15, 0.2) is 16.7 Å². The first kappa shape index (κ1) is 27.3. The number of hydrogen-bond donors (Lipinski definition) is 2. The molecule has 2 aromatic rings. The highest BCUT2D eigenvalue weighted by Gasteiger charge is 2.29. The van der Waals surface area contributed by atoms with Crippen molar-refractivity contribution in [3.8, 4) is 5.75 Å². The molecule has 0 unspecified atom stereocenters. The third kappa shape index (κ3) is 7.57. The highest BCUT2D eigenvalue weighted by atomic mass is 32.2. The number of aliphatic carboxylic acids is 1. The average molecular weight is 524 g/mol. The van der Waals surface area contributed by atoms with Crippen LogP contribution in [0.5, 0.6) is 5.75 Å². The van der Waals surface area contributed by atoms with Crippen molar-refractivity contribution in [2.75, 3.05) is 24.7 Å². The fourth-order valence-electron chi connectivity index (χ4n) is 3.98. The van der Waals surface area contributed by atoms with Gasteiger partial charge in [-0.2, -0.15) is 0 Å². The predicted octanol–water partition coefficient (Wildman–Crippen LogP) is 6.15. The molecule has 1 saturated carbocycles. The zero-order chi connectivity index (χ0) is 25.6. The fourth-order valence-corrected chi connectivity index (χ4v) is 5.92. The molecule has 0 aliphatic heterocycles. The van der Waals surface area contributed by atoms with Crippen LogP contribution in [0, 0.1) is 17.2 Å². The zero-order valence-corrected chi connectivity index (χ0v) is 22.3. The number of thiazole rings is 1. The van der Waals surface area contributed by atoms with Gasteiger partial charge in [0, 0.05) is 18.3 Å². The van der Waals surface area contributed by atoms with E-state index in [1.807, 2.05) is 11.0 Å². The van der Waals surface area contributed by atoms with E-state index in [4.69, 9.17) is 4.74 Å². The molecular weight excluding hydrogens is 489 g/mol. The molecule has 1 aliphatic rings. The summed E-state index contributed by atoms with van der Waals surface area (Å²) in [6, 6.07) is 4.80. The minimum atomic E-state index is -0.853. The summed E-state index contributed by atoms with van der Waals surface area (Å²) in [4.78, 5) is 30.8. The van der Waals surface area contributed by atoms with Gasteiger partial charge in [0.2, 0.25) is 0 Å². The number of carboxylic acids is 1. The Kier molecular flexibility index (Phi) is 9.40. The Morgan fingerprint density at radius 2 is 2.03 bits per heavy atom. The number of halogens is 1. The monoisotopic (exact) mass is 523 g/mol. The fraction of sp³-hybridized carbons (Fsp3) is 0.560. The maximum absolute atomic E-state index is 14.1. The second kappa shape index (κ2) is 12.1. The molecule has 1 aliphatic carbocycles. The zero-order valence-electron chi connectivity index (χ0n) is 20.7. The average Bonchev–Trinajstić information content (AvgIpc) is 3.26. The standard InChI is InChI=1S/C25H34FN3O4S2/c1-16-5-8-18(9-6-16)29(12-11-17-7-10-20(33-4)19(26)13-17)24(32)28-23-27-14-21(35-23)34-15-25(2,3)22(30)31/h7,10,13-14,16,18H,5-6,8-9,11-12,15H2,1-4H3,(H,30,31)(H,27,28,32). The summed E-state index contributed by atoms with van der Waals surface area (Å²) in [5.41, 5.74) is -0.0484. The van der Waals surface area contributed by atoms with Gasteiger partial charge in [0.05, 0.1) is 22.9 Å². The van der Waals surface area contributed by atoms with Crippen molar-refractivity contribution in [2.24, 2.45) is 11.3 Å². The van der Waals surface area contributed by atoms with Crippen LogP contribution in [0.1, 0.15) is 52.0 Å². The number of carboxylic acid groups (broad SMARTS) is 1. The van der Waals surface area contributed by atoms with Crippen molar-refractivity contribution in [2.45, 2.75) is 63.1 Å². The van der Waals surface area contributed by atoms with Gasteiger partial charge in [-0.3, -0.25) is 10.1 Å². The number of thioether (sulfide) groups is 1. The number of aromatic nitrogens is 1. The normalized spacial score (nSPS) is 18.2. The molecule has 0 saturated heterocycles. The van der Waals surface area contributed by atoms with Gasteiger partial charge in [0.1, 0.15) is 0 Å². The first-order chi connectivity index (χ1) is 16.6. The van der Waals surface area contributed by atoms with E-state index in [-0.39, 0.29) is 17.8 Å². The van der Waals surface area contributed by atoms with E-state index in [1.165, 1.54) is 36.3 Å². The number of nitrogens with zero attached hydrogens (tertiary/aromatic N) is 2. The molecule has 1 heterocycles. The second-order valence-electron chi connectivity index (χ2n) is 9.72. The maximum atomic E-state index is 14.1. The number of methoxy groups -OCH3 is 1. The van der Waals surface area contributed by atoms with Crippen LogP contribution in [0.3, 0.4) is 0 Å². The van der Waals surface area contributed by atoms with Gasteiger partial charge in [-0.15, -0.1) is 11.8 Å². The summed E-state index contributed by atoms with van der Waals surface area (Å²) in [5, 5.41) is 12.7. The number of rotatable bonds is 10. The van der Waals surface area contributed by atoms with Gasteiger partial charge in [-0.1, -0.05) is 24.3 Å². The summed E-state index contributed by atoms with van der Waals surface area (Å²) >= 11 is 2.75. The Bertz CT molecular complexity index is 1020. The van der Waals surface area contributed by atoms with Gasteiger partial charge in [-0.05, 0) is 69.6 Å². The molecule has 1 fully saturated rings. The van der Waals surface area contributed by atoms with Crippen LogP contribution in [-0.4, -0.2) is 52.4 Å². The molecule has 1 aromatic carbocycles. The summed E-state index contributed by atoms with van der Waals surface area (Å²) in [6.45, 7) is 6.07. The third-order valence-electron chi connectivity index (χ3n) is 6.40. The molecule has 10 heteroatoms. The van der Waals surface area contributed by atoms with Crippen molar-refractivity contribution in [1.29, 1.82) is 0 Å². The van der Waals surface area contributed by atoms with Crippen LogP contribution < -0.4 is 10.1 Å². The van der Waals surface area contributed by atoms with E-state index in [0.717, 1.165) is 35.5 Å². The van der Waals surface area contributed by atoms with Crippen LogP contribution in [0.25, 0.3) is 0 Å². The first-order valence-corrected chi connectivity index (χ1v) is 13.6. The van der Waals surface area contributed by atoms with Gasteiger partial charge < -0.3 is 14.7 Å². The van der Waals surface area contributed by atoms with Crippen molar-refractivity contribution in [3.05, 3.63) is 35.8 Å². The minimum absolute atomic E-state index is 0.125. The topological polar surface area (TPSA) is 91.8 Å². The first-order valence-electron chi connectivity index (χ1n) is 11.8. The molecule has 0 spiro atoms. The highest BCUT2D eigenvalue weighted by Crippen LogP contribution is 2.34. The Morgan fingerprint density at radius 3 is 2.66 bits per heavy atom. The lowest BCUT2D eigenvalue weighted by molar-refractivity contribution is -0.145. The number of benzene rings is 1. The molecule has 7 nitrogen and oxygen atoms in total. The van der Waals surface area contributed by atoms with E-state index < -0.39 is 17.2 Å². The lowest BCUT2D eigenvalue weighted by atomic mass is 9.86. The third-order valence-corrected chi connectivity index (χ3v) is 8.96. The summed E-state index contributed by atoms with van der Waals surface area (Å²) in [6.07, 6.45) is 6.22. The molecule has 1 aromatic heterocycles. The smallest absolute Gasteiger partial charge is 0.323 e. The molecule has 0 radical (unpaired) electrons. The number of ether oxygens (including phenoxy) is 1. The van der Waals surface area contributed by atoms with E-state index in [9.17, 15) is 19.1 Å². The second-order valence-corrected chi connectivity index (χ2v) is 12.0. The van der Waals surface area contributed by atoms with Crippen LogP contribution in [0.2, 0.25) is 0 Å². The maximum Gasteiger partial charge on any atom is 0.323 e.